The highest BCUT2D eigenvalue weighted by molar-refractivity contribution is 7.89. The first-order valence-corrected chi connectivity index (χ1v) is 11.3. The molecule has 1 aliphatic rings. The number of halogens is 3. The molecule has 10 heteroatoms. The van der Waals surface area contributed by atoms with Gasteiger partial charge < -0.3 is 4.90 Å². The van der Waals surface area contributed by atoms with E-state index in [0.29, 0.717) is 32.2 Å². The molecule has 1 aliphatic heterocycles. The second kappa shape index (κ2) is 9.37. The van der Waals surface area contributed by atoms with Crippen LogP contribution in [0.5, 0.6) is 0 Å². The maximum atomic E-state index is 13.2. The highest BCUT2D eigenvalue weighted by Gasteiger charge is 2.38. The van der Waals surface area contributed by atoms with Gasteiger partial charge in [0.2, 0.25) is 15.9 Å². The monoisotopic (exact) mass is 455 g/mol. The fourth-order valence-corrected chi connectivity index (χ4v) is 4.95. The van der Waals surface area contributed by atoms with Gasteiger partial charge in [-0.1, -0.05) is 42.5 Å². The van der Waals surface area contributed by atoms with Gasteiger partial charge in [-0.15, -0.1) is 0 Å². The molecular weight excluding hydrogens is 431 g/mol. The SMILES string of the molecule is C[C@H](NS(=O)(=O)c1ccccc1C(F)(F)F)C(=O)N1CCN(Cc2ccccc2)CC1. The Hall–Kier alpha value is -2.43. The van der Waals surface area contributed by atoms with Gasteiger partial charge in [-0.3, -0.25) is 9.69 Å². The summed E-state index contributed by atoms with van der Waals surface area (Å²) in [5, 5.41) is 0. The van der Waals surface area contributed by atoms with Crippen molar-refractivity contribution in [3.8, 4) is 0 Å². The Morgan fingerprint density at radius 1 is 1.00 bits per heavy atom. The first-order valence-electron chi connectivity index (χ1n) is 9.81. The number of carbonyl (C=O) groups excluding carboxylic acids is 1. The molecule has 3 rings (SSSR count). The molecule has 2 aromatic rings. The molecule has 1 heterocycles. The zero-order chi connectivity index (χ0) is 22.6. The third kappa shape index (κ3) is 5.84. The van der Waals surface area contributed by atoms with Gasteiger partial charge in [0, 0.05) is 32.7 Å². The van der Waals surface area contributed by atoms with Crippen molar-refractivity contribution in [2.75, 3.05) is 26.2 Å². The lowest BCUT2D eigenvalue weighted by Crippen LogP contribution is -2.53. The van der Waals surface area contributed by atoms with Gasteiger partial charge in [-0.2, -0.15) is 17.9 Å². The van der Waals surface area contributed by atoms with E-state index in [9.17, 15) is 26.4 Å². The maximum Gasteiger partial charge on any atom is 0.417 e. The van der Waals surface area contributed by atoms with Crippen LogP contribution in [0, 0.1) is 0 Å². The topological polar surface area (TPSA) is 69.7 Å². The van der Waals surface area contributed by atoms with Crippen molar-refractivity contribution in [1.29, 1.82) is 0 Å². The summed E-state index contributed by atoms with van der Waals surface area (Å²) in [5.74, 6) is -0.465. The molecule has 1 fully saturated rings. The lowest BCUT2D eigenvalue weighted by molar-refractivity contribution is -0.139. The van der Waals surface area contributed by atoms with E-state index in [0.717, 1.165) is 24.2 Å². The van der Waals surface area contributed by atoms with E-state index < -0.39 is 38.6 Å². The molecule has 2 aromatic carbocycles. The van der Waals surface area contributed by atoms with Gasteiger partial charge in [-0.25, -0.2) is 8.42 Å². The smallest absolute Gasteiger partial charge is 0.339 e. The number of hydrogen-bond acceptors (Lipinski definition) is 4. The first-order chi connectivity index (χ1) is 14.6. The van der Waals surface area contributed by atoms with Crippen LogP contribution in [0.25, 0.3) is 0 Å². The van der Waals surface area contributed by atoms with E-state index in [1.807, 2.05) is 30.3 Å². The molecule has 1 amide bonds. The van der Waals surface area contributed by atoms with Crippen LogP contribution in [0.1, 0.15) is 18.1 Å². The normalized spacial score (nSPS) is 16.8. The Kier molecular flexibility index (Phi) is 7.03. The molecular formula is C21H24F3N3O3S. The molecule has 1 saturated heterocycles. The van der Waals surface area contributed by atoms with Crippen molar-refractivity contribution >= 4 is 15.9 Å². The minimum Gasteiger partial charge on any atom is -0.339 e. The summed E-state index contributed by atoms with van der Waals surface area (Å²) in [5.41, 5.74) is -0.108. The van der Waals surface area contributed by atoms with Crippen molar-refractivity contribution in [2.24, 2.45) is 0 Å². The fraction of sp³-hybridized carbons (Fsp3) is 0.381. The lowest BCUT2D eigenvalue weighted by atomic mass is 10.2. The van der Waals surface area contributed by atoms with E-state index in [1.54, 1.807) is 0 Å². The molecule has 0 radical (unpaired) electrons. The van der Waals surface area contributed by atoms with Crippen molar-refractivity contribution in [2.45, 2.75) is 30.6 Å². The van der Waals surface area contributed by atoms with Crippen LogP contribution >= 0.6 is 0 Å². The van der Waals surface area contributed by atoms with Crippen molar-refractivity contribution < 1.29 is 26.4 Å². The predicted molar refractivity (Wildman–Crippen MR) is 110 cm³/mol. The van der Waals surface area contributed by atoms with Crippen LogP contribution in [0.4, 0.5) is 13.2 Å². The van der Waals surface area contributed by atoms with E-state index >= 15 is 0 Å². The number of rotatable bonds is 6. The Bertz CT molecular complexity index is 1010. The number of nitrogens with one attached hydrogen (secondary N) is 1. The third-order valence-corrected chi connectivity index (χ3v) is 6.72. The van der Waals surface area contributed by atoms with E-state index in [1.165, 1.54) is 17.9 Å². The summed E-state index contributed by atoms with van der Waals surface area (Å²) in [7, 11) is -4.54. The van der Waals surface area contributed by atoms with E-state index in [4.69, 9.17) is 0 Å². The van der Waals surface area contributed by atoms with Crippen LogP contribution in [0.3, 0.4) is 0 Å². The summed E-state index contributed by atoms with van der Waals surface area (Å²) in [6.07, 6.45) is -4.83. The van der Waals surface area contributed by atoms with Crippen LogP contribution in [-0.2, 0) is 27.5 Å². The van der Waals surface area contributed by atoms with Gasteiger partial charge in [0.1, 0.15) is 0 Å². The summed E-state index contributed by atoms with van der Waals surface area (Å²) in [6.45, 7) is 4.16. The zero-order valence-corrected chi connectivity index (χ0v) is 17.8. The van der Waals surface area contributed by atoms with Crippen LogP contribution in [0.2, 0.25) is 0 Å². The van der Waals surface area contributed by atoms with Gasteiger partial charge in [0.15, 0.2) is 0 Å². The van der Waals surface area contributed by atoms with Gasteiger partial charge in [-0.05, 0) is 24.6 Å². The molecule has 168 valence electrons. The quantitative estimate of drug-likeness (QED) is 0.727. The van der Waals surface area contributed by atoms with Gasteiger partial charge >= 0.3 is 6.18 Å². The average molecular weight is 456 g/mol. The molecule has 0 bridgehead atoms. The molecule has 0 saturated carbocycles. The van der Waals surface area contributed by atoms with E-state index in [2.05, 4.69) is 9.62 Å². The summed E-state index contributed by atoms with van der Waals surface area (Å²) in [4.78, 5) is 15.5. The Morgan fingerprint density at radius 3 is 2.19 bits per heavy atom. The fourth-order valence-electron chi connectivity index (χ4n) is 3.52. The molecule has 6 nitrogen and oxygen atoms in total. The summed E-state index contributed by atoms with van der Waals surface area (Å²) < 4.78 is 66.8. The van der Waals surface area contributed by atoms with Gasteiger partial charge in [0.25, 0.3) is 0 Å². The number of amides is 1. The van der Waals surface area contributed by atoms with Crippen LogP contribution in [0.15, 0.2) is 59.5 Å². The Balaban J connectivity index is 1.61. The lowest BCUT2D eigenvalue weighted by Gasteiger charge is -2.36. The molecule has 1 atom stereocenters. The number of piperazine rings is 1. The molecule has 0 unspecified atom stereocenters. The Labute approximate surface area is 179 Å². The minimum absolute atomic E-state index is 0.414. The molecule has 0 aliphatic carbocycles. The third-order valence-electron chi connectivity index (χ3n) is 5.12. The minimum atomic E-state index is -4.83. The summed E-state index contributed by atoms with van der Waals surface area (Å²) >= 11 is 0. The standard InChI is InChI=1S/C21H24F3N3O3S/c1-16(25-31(29,30)19-10-6-5-9-18(19)21(22,23)24)20(28)27-13-11-26(12-14-27)15-17-7-3-2-4-8-17/h2-10,16,25H,11-15H2,1H3/t16-/m0/s1. The largest absolute Gasteiger partial charge is 0.417 e. The number of benzene rings is 2. The second-order valence-corrected chi connectivity index (χ2v) is 9.11. The Morgan fingerprint density at radius 2 is 1.58 bits per heavy atom. The maximum absolute atomic E-state index is 13.2. The van der Waals surface area contributed by atoms with E-state index in [-0.39, 0.29) is 0 Å². The van der Waals surface area contributed by atoms with Gasteiger partial charge in [0.05, 0.1) is 16.5 Å². The highest BCUT2D eigenvalue weighted by atomic mass is 32.2. The highest BCUT2D eigenvalue weighted by Crippen LogP contribution is 2.33. The van der Waals surface area contributed by atoms with Crippen molar-refractivity contribution in [3.05, 3.63) is 65.7 Å². The molecule has 0 aromatic heterocycles. The molecule has 0 spiro atoms. The number of hydrogen-bond donors (Lipinski definition) is 1. The zero-order valence-electron chi connectivity index (χ0n) is 17.0. The molecule has 1 N–H and O–H groups in total. The number of sulfonamides is 1. The van der Waals surface area contributed by atoms with Crippen molar-refractivity contribution in [3.63, 3.8) is 0 Å². The summed E-state index contributed by atoms with van der Waals surface area (Å²) in [6, 6.07) is 12.6. The molecule has 31 heavy (non-hydrogen) atoms. The van der Waals surface area contributed by atoms with Crippen LogP contribution < -0.4 is 4.72 Å². The second-order valence-electron chi connectivity index (χ2n) is 7.42. The number of alkyl halides is 3. The predicted octanol–water partition coefficient (Wildman–Crippen LogP) is 2.72. The first kappa shape index (κ1) is 23.2. The average Bonchev–Trinajstić information content (AvgIpc) is 2.73. The van der Waals surface area contributed by atoms with Crippen molar-refractivity contribution in [1.82, 2.24) is 14.5 Å². The van der Waals surface area contributed by atoms with Crippen LogP contribution in [-0.4, -0.2) is 56.3 Å². The number of carbonyl (C=O) groups is 1. The number of nitrogens with zero attached hydrogens (tertiary/aromatic N) is 2.